The van der Waals surface area contributed by atoms with E-state index >= 15 is 0 Å². The van der Waals surface area contributed by atoms with Gasteiger partial charge in [0.15, 0.2) is 14.9 Å². The first-order chi connectivity index (χ1) is 6.03. The van der Waals surface area contributed by atoms with Crippen LogP contribution in [-0.2, 0) is 9.84 Å². The molecule has 0 aromatic carbocycles. The van der Waals surface area contributed by atoms with Crippen LogP contribution in [0.4, 0.5) is 0 Å². The molecule has 4 nitrogen and oxygen atoms in total. The van der Waals surface area contributed by atoms with Crippen LogP contribution in [0.3, 0.4) is 0 Å². The Balaban J connectivity index is 2.24. The van der Waals surface area contributed by atoms with Gasteiger partial charge in [0.05, 0.1) is 23.6 Å². The molecule has 2 fully saturated rings. The van der Waals surface area contributed by atoms with Gasteiger partial charge in [0.25, 0.3) is 0 Å². The van der Waals surface area contributed by atoms with E-state index in [0.29, 0.717) is 5.11 Å². The smallest absolute Gasteiger partial charge is 0.169 e. The lowest BCUT2D eigenvalue weighted by Gasteiger charge is -2.20. The summed E-state index contributed by atoms with van der Waals surface area (Å²) in [6.45, 7) is 2.77. The van der Waals surface area contributed by atoms with E-state index in [9.17, 15) is 8.42 Å². The second-order valence-electron chi connectivity index (χ2n) is 3.49. The van der Waals surface area contributed by atoms with Crippen LogP contribution in [0.5, 0.6) is 0 Å². The Morgan fingerprint density at radius 3 is 2.92 bits per heavy atom. The summed E-state index contributed by atoms with van der Waals surface area (Å²) in [7, 11) is -2.84. The third-order valence-corrected chi connectivity index (χ3v) is 4.70. The van der Waals surface area contributed by atoms with Gasteiger partial charge in [-0.1, -0.05) is 0 Å². The number of thiocarbonyl (C=S) groups is 1. The molecule has 2 aliphatic rings. The number of sulfone groups is 1. The van der Waals surface area contributed by atoms with Crippen LogP contribution >= 0.6 is 12.2 Å². The maximum absolute atomic E-state index is 11.3. The predicted octanol–water partition coefficient (Wildman–Crippen LogP) is -0.638. The van der Waals surface area contributed by atoms with Gasteiger partial charge in [-0.15, -0.1) is 0 Å². The van der Waals surface area contributed by atoms with Gasteiger partial charge in [0, 0.05) is 6.54 Å². The molecule has 0 aromatic heterocycles. The zero-order valence-electron chi connectivity index (χ0n) is 7.36. The maximum atomic E-state index is 11.3. The highest BCUT2D eigenvalue weighted by atomic mass is 32.2. The fourth-order valence-electron chi connectivity index (χ4n) is 2.04. The third kappa shape index (κ3) is 1.42. The van der Waals surface area contributed by atoms with Crippen molar-refractivity contribution in [2.45, 2.75) is 19.0 Å². The zero-order valence-corrected chi connectivity index (χ0v) is 8.99. The molecule has 0 unspecified atom stereocenters. The molecule has 74 valence electrons. The van der Waals surface area contributed by atoms with Crippen molar-refractivity contribution in [1.82, 2.24) is 10.2 Å². The van der Waals surface area contributed by atoms with Crippen molar-refractivity contribution in [2.75, 3.05) is 18.1 Å². The summed E-state index contributed by atoms with van der Waals surface area (Å²) in [6, 6.07) is 0.0972. The van der Waals surface area contributed by atoms with Gasteiger partial charge in [-0.05, 0) is 19.1 Å². The van der Waals surface area contributed by atoms with Crippen molar-refractivity contribution in [2.24, 2.45) is 0 Å². The van der Waals surface area contributed by atoms with E-state index in [1.54, 1.807) is 0 Å². The van der Waals surface area contributed by atoms with Gasteiger partial charge in [-0.25, -0.2) is 8.42 Å². The van der Waals surface area contributed by atoms with E-state index in [1.807, 2.05) is 11.8 Å². The molecule has 0 radical (unpaired) electrons. The normalized spacial score (nSPS) is 36.1. The maximum Gasteiger partial charge on any atom is 0.169 e. The molecule has 13 heavy (non-hydrogen) atoms. The largest absolute Gasteiger partial charge is 0.357 e. The average molecular weight is 220 g/mol. The number of likely N-dealkylation sites (N-methyl/N-ethyl adjacent to an activating group) is 1. The van der Waals surface area contributed by atoms with E-state index in [4.69, 9.17) is 12.2 Å². The van der Waals surface area contributed by atoms with Gasteiger partial charge < -0.3 is 10.2 Å². The lowest BCUT2D eigenvalue weighted by atomic mass is 10.2. The molecule has 0 aliphatic carbocycles. The highest BCUT2D eigenvalue weighted by Crippen LogP contribution is 2.23. The molecule has 2 aliphatic heterocycles. The van der Waals surface area contributed by atoms with E-state index in [1.165, 1.54) is 0 Å². The van der Waals surface area contributed by atoms with Gasteiger partial charge in [-0.3, -0.25) is 0 Å². The molecule has 2 atom stereocenters. The molecule has 2 heterocycles. The summed E-state index contributed by atoms with van der Waals surface area (Å²) in [5, 5.41) is 3.75. The molecule has 0 amide bonds. The Morgan fingerprint density at radius 2 is 2.31 bits per heavy atom. The highest BCUT2D eigenvalue weighted by molar-refractivity contribution is 7.91. The lowest BCUT2D eigenvalue weighted by Crippen LogP contribution is -2.36. The van der Waals surface area contributed by atoms with Crippen LogP contribution in [0.1, 0.15) is 6.92 Å². The Kier molecular flexibility index (Phi) is 1.99. The first kappa shape index (κ1) is 9.21. The first-order valence-corrected chi connectivity index (χ1v) is 6.54. The van der Waals surface area contributed by atoms with Crippen LogP contribution < -0.4 is 5.32 Å². The van der Waals surface area contributed by atoms with Crippen LogP contribution in [-0.4, -0.2) is 48.6 Å². The zero-order chi connectivity index (χ0) is 9.64. The summed E-state index contributed by atoms with van der Waals surface area (Å²) in [6.07, 6.45) is 0. The number of rotatable bonds is 1. The second kappa shape index (κ2) is 2.81. The van der Waals surface area contributed by atoms with Crippen LogP contribution in [0.25, 0.3) is 0 Å². The van der Waals surface area contributed by atoms with Crippen molar-refractivity contribution in [1.29, 1.82) is 0 Å². The third-order valence-electron chi connectivity index (χ3n) is 2.63. The van der Waals surface area contributed by atoms with Gasteiger partial charge >= 0.3 is 0 Å². The van der Waals surface area contributed by atoms with Crippen LogP contribution in [0.2, 0.25) is 0 Å². The Bertz CT molecular complexity index is 338. The van der Waals surface area contributed by atoms with E-state index in [0.717, 1.165) is 6.54 Å². The summed E-state index contributed by atoms with van der Waals surface area (Å²) in [5.41, 5.74) is 0. The Labute approximate surface area is 83.2 Å². The van der Waals surface area contributed by atoms with Crippen molar-refractivity contribution in [3.63, 3.8) is 0 Å². The minimum absolute atomic E-state index is 0.0254. The molecule has 0 saturated carbocycles. The van der Waals surface area contributed by atoms with E-state index < -0.39 is 9.84 Å². The quantitative estimate of drug-likeness (QED) is 0.596. The number of nitrogens with zero attached hydrogens (tertiary/aromatic N) is 1. The SMILES string of the molecule is CCN1C(=S)N[C@H]2CS(=O)(=O)C[C@@H]21. The monoisotopic (exact) mass is 220 g/mol. The second-order valence-corrected chi connectivity index (χ2v) is 6.03. The number of nitrogens with one attached hydrogen (secondary N) is 1. The van der Waals surface area contributed by atoms with Gasteiger partial charge in [0.2, 0.25) is 0 Å². The number of hydrogen-bond donors (Lipinski definition) is 1. The van der Waals surface area contributed by atoms with Gasteiger partial charge in [0.1, 0.15) is 0 Å². The summed E-state index contributed by atoms with van der Waals surface area (Å²) >= 11 is 5.09. The van der Waals surface area contributed by atoms with E-state index in [-0.39, 0.29) is 23.6 Å². The van der Waals surface area contributed by atoms with Crippen LogP contribution in [0.15, 0.2) is 0 Å². The van der Waals surface area contributed by atoms with E-state index in [2.05, 4.69) is 5.32 Å². The highest BCUT2D eigenvalue weighted by Gasteiger charge is 2.46. The molecule has 2 saturated heterocycles. The topological polar surface area (TPSA) is 49.4 Å². The fourth-order valence-corrected chi connectivity index (χ4v) is 4.38. The molecular formula is C7H12N2O2S2. The molecule has 2 rings (SSSR count). The predicted molar refractivity (Wildman–Crippen MR) is 54.3 cm³/mol. The molecule has 0 spiro atoms. The number of fused-ring (bicyclic) bond motifs is 1. The number of hydrogen-bond acceptors (Lipinski definition) is 3. The minimum atomic E-state index is -2.84. The average Bonchev–Trinajstić information content (AvgIpc) is 2.39. The minimum Gasteiger partial charge on any atom is -0.357 e. The summed E-state index contributed by atoms with van der Waals surface area (Å²) in [4.78, 5) is 1.96. The Morgan fingerprint density at radius 1 is 1.62 bits per heavy atom. The molecule has 1 N–H and O–H groups in total. The van der Waals surface area contributed by atoms with Crippen molar-refractivity contribution in [3.05, 3.63) is 0 Å². The summed E-state index contributed by atoms with van der Waals surface area (Å²) in [5.74, 6) is 0.479. The molecule has 0 bridgehead atoms. The van der Waals surface area contributed by atoms with Crippen molar-refractivity contribution < 1.29 is 8.42 Å². The van der Waals surface area contributed by atoms with Crippen molar-refractivity contribution >= 4 is 27.2 Å². The van der Waals surface area contributed by atoms with Crippen LogP contribution in [0, 0.1) is 0 Å². The summed E-state index contributed by atoms with van der Waals surface area (Å²) < 4.78 is 22.6. The molecular weight excluding hydrogens is 208 g/mol. The first-order valence-electron chi connectivity index (χ1n) is 4.31. The standard InChI is InChI=1S/C7H12N2O2S2/c1-2-9-6-4-13(10,11)3-5(6)8-7(9)12/h5-6H,2-4H2,1H3,(H,8,12)/t5-,6-/m0/s1. The lowest BCUT2D eigenvalue weighted by molar-refractivity contribution is 0.371. The molecule has 0 aromatic rings. The fraction of sp³-hybridized carbons (Fsp3) is 0.857. The van der Waals surface area contributed by atoms with Crippen molar-refractivity contribution in [3.8, 4) is 0 Å². The Hall–Kier alpha value is -0.360. The van der Waals surface area contributed by atoms with Gasteiger partial charge in [-0.2, -0.15) is 0 Å². The molecule has 6 heteroatoms.